The number of rotatable bonds is 8. The number of nitriles is 1. The fourth-order valence-electron chi connectivity index (χ4n) is 1.62. The molecule has 1 heterocycles. The number of hydrogen-bond donors (Lipinski definition) is 2. The average molecular weight is 345 g/mol. The molecule has 118 valence electrons. The van der Waals surface area contributed by atoms with Crippen LogP contribution >= 0.6 is 23.1 Å². The van der Waals surface area contributed by atoms with E-state index in [4.69, 9.17) is 5.26 Å². The van der Waals surface area contributed by atoms with Gasteiger partial charge in [0.1, 0.15) is 0 Å². The van der Waals surface area contributed by atoms with Crippen molar-refractivity contribution in [1.82, 2.24) is 10.2 Å². The largest absolute Gasteiger partial charge is 0.357 e. The van der Waals surface area contributed by atoms with Gasteiger partial charge in [-0.3, -0.25) is 4.79 Å². The number of nitrogens with one attached hydrogen (secondary N) is 2. The molecular formula is C15H15N5OS2. The predicted octanol–water partition coefficient (Wildman–Crippen LogP) is 3.13. The molecule has 0 aliphatic carbocycles. The van der Waals surface area contributed by atoms with Gasteiger partial charge in [0, 0.05) is 24.4 Å². The van der Waals surface area contributed by atoms with E-state index in [2.05, 4.69) is 27.4 Å². The molecule has 0 saturated heterocycles. The highest BCUT2D eigenvalue weighted by molar-refractivity contribution is 8.01. The zero-order valence-corrected chi connectivity index (χ0v) is 13.9. The van der Waals surface area contributed by atoms with E-state index in [1.807, 2.05) is 6.07 Å². The minimum atomic E-state index is -0.0953. The van der Waals surface area contributed by atoms with Crippen LogP contribution in [-0.4, -0.2) is 28.4 Å². The molecule has 0 aliphatic heterocycles. The SMILES string of the molecule is C=CCNc1nnc(SCCC(=O)Nc2cccc(C#N)c2)s1. The molecular weight excluding hydrogens is 330 g/mol. The van der Waals surface area contributed by atoms with Gasteiger partial charge in [-0.1, -0.05) is 35.2 Å². The fraction of sp³-hybridized carbons (Fsp3) is 0.200. The minimum Gasteiger partial charge on any atom is -0.357 e. The van der Waals surface area contributed by atoms with E-state index < -0.39 is 0 Å². The quantitative estimate of drug-likeness (QED) is 0.564. The summed E-state index contributed by atoms with van der Waals surface area (Å²) in [5.41, 5.74) is 1.15. The lowest BCUT2D eigenvalue weighted by molar-refractivity contribution is -0.115. The van der Waals surface area contributed by atoms with Gasteiger partial charge in [0.05, 0.1) is 11.6 Å². The second kappa shape index (κ2) is 8.92. The normalized spacial score (nSPS) is 9.87. The highest BCUT2D eigenvalue weighted by atomic mass is 32.2. The Morgan fingerprint density at radius 2 is 2.35 bits per heavy atom. The standard InChI is InChI=1S/C15H15N5OS2/c1-2-7-17-14-19-20-15(23-14)22-8-6-13(21)18-12-5-3-4-11(9-12)10-16/h2-5,9H,1,6-8H2,(H,17,19)(H,18,21). The number of hydrogen-bond acceptors (Lipinski definition) is 7. The van der Waals surface area contributed by atoms with Crippen LogP contribution in [0.2, 0.25) is 0 Å². The Morgan fingerprint density at radius 3 is 3.13 bits per heavy atom. The molecule has 1 aromatic heterocycles. The maximum absolute atomic E-state index is 11.9. The van der Waals surface area contributed by atoms with Crippen LogP contribution in [0.5, 0.6) is 0 Å². The lowest BCUT2D eigenvalue weighted by Crippen LogP contribution is -2.12. The number of carbonyl (C=O) groups excluding carboxylic acids is 1. The Labute approximate surface area is 142 Å². The minimum absolute atomic E-state index is 0.0953. The molecule has 0 radical (unpaired) electrons. The van der Waals surface area contributed by atoms with Crippen molar-refractivity contribution in [3.8, 4) is 6.07 Å². The third-order valence-electron chi connectivity index (χ3n) is 2.63. The van der Waals surface area contributed by atoms with Gasteiger partial charge in [-0.2, -0.15) is 5.26 Å². The van der Waals surface area contributed by atoms with Crippen molar-refractivity contribution < 1.29 is 4.79 Å². The van der Waals surface area contributed by atoms with E-state index in [0.717, 1.165) is 9.47 Å². The molecule has 1 amide bonds. The number of anilines is 2. The first-order valence-corrected chi connectivity index (χ1v) is 8.62. The summed E-state index contributed by atoms with van der Waals surface area (Å²) in [5, 5.41) is 23.4. The van der Waals surface area contributed by atoms with Gasteiger partial charge in [0.15, 0.2) is 4.34 Å². The second-order valence-corrected chi connectivity index (χ2v) is 6.70. The molecule has 1 aromatic carbocycles. The van der Waals surface area contributed by atoms with E-state index in [1.54, 1.807) is 30.3 Å². The average Bonchev–Trinajstić information content (AvgIpc) is 3.01. The van der Waals surface area contributed by atoms with E-state index in [1.165, 1.54) is 23.1 Å². The van der Waals surface area contributed by atoms with Gasteiger partial charge >= 0.3 is 0 Å². The van der Waals surface area contributed by atoms with Crippen LogP contribution < -0.4 is 10.6 Å². The summed E-state index contributed by atoms with van der Waals surface area (Å²) in [6, 6.07) is 8.88. The van der Waals surface area contributed by atoms with Crippen molar-refractivity contribution in [2.24, 2.45) is 0 Å². The monoisotopic (exact) mass is 345 g/mol. The Bertz CT molecular complexity index is 723. The highest BCUT2D eigenvalue weighted by Gasteiger charge is 2.07. The molecule has 23 heavy (non-hydrogen) atoms. The number of aromatic nitrogens is 2. The molecule has 0 aliphatic rings. The van der Waals surface area contributed by atoms with Crippen molar-refractivity contribution in [2.75, 3.05) is 22.9 Å². The molecule has 0 bridgehead atoms. The summed E-state index contributed by atoms with van der Waals surface area (Å²) < 4.78 is 0.816. The summed E-state index contributed by atoms with van der Waals surface area (Å²) in [4.78, 5) is 11.9. The number of amides is 1. The Balaban J connectivity index is 1.75. The topological polar surface area (TPSA) is 90.7 Å². The maximum atomic E-state index is 11.9. The van der Waals surface area contributed by atoms with Gasteiger partial charge in [-0.25, -0.2) is 0 Å². The first-order valence-electron chi connectivity index (χ1n) is 6.82. The van der Waals surface area contributed by atoms with E-state index in [-0.39, 0.29) is 5.91 Å². The first kappa shape index (κ1) is 17.0. The van der Waals surface area contributed by atoms with Gasteiger partial charge in [-0.15, -0.1) is 16.8 Å². The zero-order valence-electron chi connectivity index (χ0n) is 12.3. The first-order chi connectivity index (χ1) is 11.2. The lowest BCUT2D eigenvalue weighted by Gasteiger charge is -2.04. The van der Waals surface area contributed by atoms with Gasteiger partial charge in [0.25, 0.3) is 0 Å². The molecule has 0 fully saturated rings. The van der Waals surface area contributed by atoms with Crippen LogP contribution in [0.25, 0.3) is 0 Å². The zero-order chi connectivity index (χ0) is 16.5. The van der Waals surface area contributed by atoms with E-state index in [9.17, 15) is 4.79 Å². The van der Waals surface area contributed by atoms with E-state index in [0.29, 0.717) is 30.0 Å². The van der Waals surface area contributed by atoms with Crippen LogP contribution in [0.1, 0.15) is 12.0 Å². The number of carbonyl (C=O) groups is 1. The van der Waals surface area contributed by atoms with Crippen molar-refractivity contribution in [2.45, 2.75) is 10.8 Å². The van der Waals surface area contributed by atoms with Crippen molar-refractivity contribution >= 4 is 39.8 Å². The summed E-state index contributed by atoms with van der Waals surface area (Å²) in [6.45, 7) is 4.27. The van der Waals surface area contributed by atoms with Crippen LogP contribution in [0.15, 0.2) is 41.3 Å². The third-order valence-corrected chi connectivity index (χ3v) is 4.65. The summed E-state index contributed by atoms with van der Waals surface area (Å²) in [6.07, 6.45) is 2.11. The number of benzene rings is 1. The second-order valence-electron chi connectivity index (χ2n) is 4.38. The summed E-state index contributed by atoms with van der Waals surface area (Å²) in [7, 11) is 0. The lowest BCUT2D eigenvalue weighted by atomic mass is 10.2. The predicted molar refractivity (Wildman–Crippen MR) is 93.7 cm³/mol. The fourth-order valence-corrected chi connectivity index (χ4v) is 3.39. The Hall–Kier alpha value is -2.37. The summed E-state index contributed by atoms with van der Waals surface area (Å²) >= 11 is 2.93. The van der Waals surface area contributed by atoms with Gasteiger partial charge in [-0.05, 0) is 18.2 Å². The van der Waals surface area contributed by atoms with Crippen LogP contribution in [0, 0.1) is 11.3 Å². The smallest absolute Gasteiger partial charge is 0.225 e. The molecule has 0 spiro atoms. The van der Waals surface area contributed by atoms with Crippen molar-refractivity contribution in [3.63, 3.8) is 0 Å². The third kappa shape index (κ3) is 5.73. The maximum Gasteiger partial charge on any atom is 0.225 e. The molecule has 0 unspecified atom stereocenters. The molecule has 6 nitrogen and oxygen atoms in total. The number of thioether (sulfide) groups is 1. The molecule has 0 atom stereocenters. The Kier molecular flexibility index (Phi) is 6.59. The van der Waals surface area contributed by atoms with E-state index >= 15 is 0 Å². The number of nitrogens with zero attached hydrogens (tertiary/aromatic N) is 3. The summed E-state index contributed by atoms with van der Waals surface area (Å²) in [5.74, 6) is 0.516. The molecule has 2 aromatic rings. The Morgan fingerprint density at radius 1 is 1.48 bits per heavy atom. The van der Waals surface area contributed by atoms with Gasteiger partial charge in [0.2, 0.25) is 11.0 Å². The highest BCUT2D eigenvalue weighted by Crippen LogP contribution is 2.25. The van der Waals surface area contributed by atoms with Crippen LogP contribution in [0.4, 0.5) is 10.8 Å². The molecule has 0 saturated carbocycles. The molecule has 8 heteroatoms. The van der Waals surface area contributed by atoms with Crippen LogP contribution in [-0.2, 0) is 4.79 Å². The van der Waals surface area contributed by atoms with Crippen molar-refractivity contribution in [1.29, 1.82) is 5.26 Å². The van der Waals surface area contributed by atoms with Crippen molar-refractivity contribution in [3.05, 3.63) is 42.5 Å². The van der Waals surface area contributed by atoms with Crippen LogP contribution in [0.3, 0.4) is 0 Å². The molecule has 2 N–H and O–H groups in total. The molecule has 2 rings (SSSR count). The van der Waals surface area contributed by atoms with Gasteiger partial charge < -0.3 is 10.6 Å².